The first-order chi connectivity index (χ1) is 10.7. The van der Waals surface area contributed by atoms with E-state index in [1.807, 2.05) is 25.7 Å². The molecule has 1 saturated carbocycles. The summed E-state index contributed by atoms with van der Waals surface area (Å²) in [6, 6.07) is 0.870. The van der Waals surface area contributed by atoms with Crippen LogP contribution in [0.4, 0.5) is 0 Å². The lowest BCUT2D eigenvalue weighted by atomic mass is 9.90. The van der Waals surface area contributed by atoms with Crippen LogP contribution in [0.25, 0.3) is 0 Å². The molecule has 1 aliphatic carbocycles. The van der Waals surface area contributed by atoms with Gasteiger partial charge in [-0.25, -0.2) is 0 Å². The summed E-state index contributed by atoms with van der Waals surface area (Å²) in [5.41, 5.74) is -0.372. The summed E-state index contributed by atoms with van der Waals surface area (Å²) in [7, 11) is 4.21. The van der Waals surface area contributed by atoms with Crippen LogP contribution in [0.1, 0.15) is 52.9 Å². The highest BCUT2D eigenvalue weighted by Crippen LogP contribution is 2.26. The van der Waals surface area contributed by atoms with Crippen molar-refractivity contribution in [3.8, 4) is 0 Å². The van der Waals surface area contributed by atoms with E-state index in [2.05, 4.69) is 24.3 Å². The van der Waals surface area contributed by atoms with Gasteiger partial charge in [-0.2, -0.15) is 0 Å². The predicted molar refractivity (Wildman–Crippen MR) is 92.0 cm³/mol. The molecule has 1 heterocycles. The van der Waals surface area contributed by atoms with Gasteiger partial charge >= 0.3 is 0 Å². The Morgan fingerprint density at radius 1 is 1.13 bits per heavy atom. The molecule has 0 spiro atoms. The minimum Gasteiger partial charge on any atom is -0.353 e. The largest absolute Gasteiger partial charge is 0.353 e. The van der Waals surface area contributed by atoms with Crippen molar-refractivity contribution in [2.45, 2.75) is 65.0 Å². The number of hydrogen-bond acceptors (Lipinski definition) is 3. The fraction of sp³-hybridized carbons (Fsp3) is 0.889. The lowest BCUT2D eigenvalue weighted by molar-refractivity contribution is -0.142. The summed E-state index contributed by atoms with van der Waals surface area (Å²) in [5, 5.41) is 3.23. The zero-order chi connectivity index (χ0) is 17.2. The van der Waals surface area contributed by atoms with Gasteiger partial charge in [0.2, 0.25) is 11.8 Å². The fourth-order valence-corrected chi connectivity index (χ4v) is 3.73. The minimum atomic E-state index is -0.372. The van der Waals surface area contributed by atoms with E-state index in [1.54, 1.807) is 0 Å². The van der Waals surface area contributed by atoms with Crippen molar-refractivity contribution in [2.75, 3.05) is 27.2 Å². The number of likely N-dealkylation sites (tertiary alicyclic amines) is 1. The Bertz CT molecular complexity index is 442. The number of carbonyl (C=O) groups excluding carboxylic acids is 2. The molecule has 0 aromatic carbocycles. The molecule has 0 aromatic rings. The third-order valence-electron chi connectivity index (χ3n) is 5.20. The second-order valence-electron chi connectivity index (χ2n) is 8.48. The summed E-state index contributed by atoms with van der Waals surface area (Å²) in [6.07, 6.45) is 5.06. The summed E-state index contributed by atoms with van der Waals surface area (Å²) >= 11 is 0. The first-order valence-corrected chi connectivity index (χ1v) is 8.94. The van der Waals surface area contributed by atoms with Crippen molar-refractivity contribution < 1.29 is 9.59 Å². The molecule has 0 unspecified atom stereocenters. The number of nitrogens with one attached hydrogen (secondary N) is 1. The van der Waals surface area contributed by atoms with Crippen molar-refractivity contribution in [3.63, 3.8) is 0 Å². The van der Waals surface area contributed by atoms with Gasteiger partial charge in [-0.15, -0.1) is 0 Å². The fourth-order valence-electron chi connectivity index (χ4n) is 3.73. The summed E-state index contributed by atoms with van der Waals surface area (Å²) in [5.74, 6) is 0.248. The Hall–Kier alpha value is -1.10. The van der Waals surface area contributed by atoms with Gasteiger partial charge in [-0.05, 0) is 46.2 Å². The summed E-state index contributed by atoms with van der Waals surface area (Å²) < 4.78 is 0. The van der Waals surface area contributed by atoms with Crippen LogP contribution in [0.15, 0.2) is 0 Å². The molecule has 1 N–H and O–H groups in total. The minimum absolute atomic E-state index is 0.0477. The van der Waals surface area contributed by atoms with Gasteiger partial charge < -0.3 is 15.1 Å². The molecule has 132 valence electrons. The maximum atomic E-state index is 12.6. The van der Waals surface area contributed by atoms with Crippen LogP contribution in [0.3, 0.4) is 0 Å². The number of hydrogen-bond donors (Lipinski definition) is 1. The van der Waals surface area contributed by atoms with Crippen LogP contribution < -0.4 is 5.32 Å². The van der Waals surface area contributed by atoms with Crippen LogP contribution in [0, 0.1) is 11.3 Å². The summed E-state index contributed by atoms with van der Waals surface area (Å²) in [6.45, 7) is 7.19. The molecule has 0 aromatic heterocycles. The average molecular weight is 323 g/mol. The maximum absolute atomic E-state index is 12.6. The van der Waals surface area contributed by atoms with Crippen molar-refractivity contribution in [2.24, 2.45) is 11.3 Å². The molecule has 2 rings (SSSR count). The maximum Gasteiger partial charge on any atom is 0.227 e. The normalized spacial score (nSPS) is 29.0. The van der Waals surface area contributed by atoms with Gasteiger partial charge in [0.25, 0.3) is 0 Å². The second-order valence-corrected chi connectivity index (χ2v) is 8.48. The third-order valence-corrected chi connectivity index (χ3v) is 5.20. The zero-order valence-corrected chi connectivity index (χ0v) is 15.4. The summed E-state index contributed by atoms with van der Waals surface area (Å²) in [4.78, 5) is 29.2. The number of rotatable bonds is 3. The molecule has 2 amide bonds. The lowest BCUT2D eigenvalue weighted by Gasteiger charge is -2.36. The quantitative estimate of drug-likeness (QED) is 0.863. The highest BCUT2D eigenvalue weighted by atomic mass is 16.2. The topological polar surface area (TPSA) is 52.7 Å². The zero-order valence-electron chi connectivity index (χ0n) is 15.4. The van der Waals surface area contributed by atoms with E-state index < -0.39 is 0 Å². The van der Waals surface area contributed by atoms with E-state index in [-0.39, 0.29) is 23.1 Å². The molecule has 1 aliphatic heterocycles. The number of carbonyl (C=O) groups is 2. The van der Waals surface area contributed by atoms with E-state index in [9.17, 15) is 9.59 Å². The molecule has 23 heavy (non-hydrogen) atoms. The molecule has 0 bridgehead atoms. The lowest BCUT2D eigenvalue weighted by Crippen LogP contribution is -2.49. The van der Waals surface area contributed by atoms with E-state index in [1.165, 1.54) is 0 Å². The Morgan fingerprint density at radius 2 is 1.83 bits per heavy atom. The van der Waals surface area contributed by atoms with Crippen molar-refractivity contribution in [3.05, 3.63) is 0 Å². The number of amides is 2. The Balaban J connectivity index is 1.86. The first-order valence-electron chi connectivity index (χ1n) is 8.94. The van der Waals surface area contributed by atoms with Crippen LogP contribution in [-0.2, 0) is 9.59 Å². The molecule has 2 aliphatic rings. The van der Waals surface area contributed by atoms with E-state index in [0.717, 1.165) is 38.6 Å². The highest BCUT2D eigenvalue weighted by molar-refractivity contribution is 5.84. The van der Waals surface area contributed by atoms with Gasteiger partial charge in [-0.1, -0.05) is 20.8 Å². The number of nitrogens with zero attached hydrogens (tertiary/aromatic N) is 2. The van der Waals surface area contributed by atoms with Gasteiger partial charge in [0.15, 0.2) is 0 Å². The Kier molecular flexibility index (Phi) is 5.71. The molecule has 3 atom stereocenters. The predicted octanol–water partition coefficient (Wildman–Crippen LogP) is 1.87. The van der Waals surface area contributed by atoms with Gasteiger partial charge in [0.05, 0.1) is 5.92 Å². The SMILES string of the molecule is CN(C)[C@@H]1CC[C@H](NC(=O)[C@H]2CCCN(C(=O)C(C)(C)C)C2)C1. The Labute approximate surface area is 140 Å². The standard InChI is InChI=1S/C18H33N3O2/c1-18(2,3)17(23)21-10-6-7-13(12-21)16(22)19-14-8-9-15(11-14)20(4)5/h13-15H,6-12H2,1-5H3,(H,19,22)/t13-,14-,15+/m0/s1. The van der Waals surface area contributed by atoms with E-state index in [0.29, 0.717) is 18.6 Å². The van der Waals surface area contributed by atoms with Crippen molar-refractivity contribution in [1.82, 2.24) is 15.1 Å². The monoisotopic (exact) mass is 323 g/mol. The molecule has 5 heteroatoms. The third kappa shape index (κ3) is 4.69. The van der Waals surface area contributed by atoms with E-state index >= 15 is 0 Å². The van der Waals surface area contributed by atoms with Gasteiger partial charge in [0, 0.05) is 30.6 Å². The molecule has 5 nitrogen and oxygen atoms in total. The van der Waals surface area contributed by atoms with Crippen LogP contribution >= 0.6 is 0 Å². The van der Waals surface area contributed by atoms with Crippen LogP contribution in [-0.4, -0.2) is 60.9 Å². The average Bonchev–Trinajstić information content (AvgIpc) is 2.94. The molecular formula is C18H33N3O2. The smallest absolute Gasteiger partial charge is 0.227 e. The molecule has 0 radical (unpaired) electrons. The molecule has 2 fully saturated rings. The second kappa shape index (κ2) is 7.20. The highest BCUT2D eigenvalue weighted by Gasteiger charge is 2.35. The molecule has 1 saturated heterocycles. The van der Waals surface area contributed by atoms with E-state index in [4.69, 9.17) is 0 Å². The number of piperidine rings is 1. The van der Waals surface area contributed by atoms with Crippen LogP contribution in [0.5, 0.6) is 0 Å². The van der Waals surface area contributed by atoms with Gasteiger partial charge in [0.1, 0.15) is 0 Å². The van der Waals surface area contributed by atoms with Gasteiger partial charge in [-0.3, -0.25) is 9.59 Å². The van der Waals surface area contributed by atoms with Crippen molar-refractivity contribution in [1.29, 1.82) is 0 Å². The van der Waals surface area contributed by atoms with Crippen molar-refractivity contribution >= 4 is 11.8 Å². The molecular weight excluding hydrogens is 290 g/mol. The Morgan fingerprint density at radius 3 is 2.39 bits per heavy atom. The first kappa shape index (κ1) is 18.2. The van der Waals surface area contributed by atoms with Crippen LogP contribution in [0.2, 0.25) is 0 Å².